The first-order valence-electron chi connectivity index (χ1n) is 6.65. The molecule has 1 aliphatic rings. The third-order valence-electron chi connectivity index (χ3n) is 3.80. The number of nitrogens with zero attached hydrogens (tertiary/aromatic N) is 1. The van der Waals surface area contributed by atoms with Crippen molar-refractivity contribution in [2.24, 2.45) is 0 Å². The van der Waals surface area contributed by atoms with Crippen LogP contribution in [0.4, 0.5) is 0 Å². The number of hydrogen-bond donors (Lipinski definition) is 0. The Hall–Kier alpha value is 0.250. The molecule has 0 aromatic carbocycles. The Balaban J connectivity index is 2.53. The van der Waals surface area contributed by atoms with Crippen LogP contribution in [0.1, 0.15) is 58.8 Å². The van der Waals surface area contributed by atoms with Crippen molar-refractivity contribution in [3.8, 4) is 0 Å². The maximum atomic E-state index is 5.93. The van der Waals surface area contributed by atoms with Crippen molar-refractivity contribution in [3.05, 3.63) is 0 Å². The second kappa shape index (κ2) is 7.51. The minimum absolute atomic E-state index is 0.756. The van der Waals surface area contributed by atoms with Crippen LogP contribution in [0, 0.1) is 0 Å². The summed E-state index contributed by atoms with van der Waals surface area (Å²) >= 11 is 5.93. The summed E-state index contributed by atoms with van der Waals surface area (Å²) in [5.41, 5.74) is 0. The highest BCUT2D eigenvalue weighted by Gasteiger charge is 2.24. The van der Waals surface area contributed by atoms with Crippen molar-refractivity contribution in [1.29, 1.82) is 0 Å². The van der Waals surface area contributed by atoms with Gasteiger partial charge in [-0.1, -0.05) is 33.1 Å². The molecule has 1 saturated carbocycles. The maximum absolute atomic E-state index is 5.93. The van der Waals surface area contributed by atoms with Gasteiger partial charge in [0.25, 0.3) is 0 Å². The Labute approximate surface area is 100 Å². The van der Waals surface area contributed by atoms with Crippen LogP contribution in [0.15, 0.2) is 0 Å². The molecule has 1 aliphatic carbocycles. The van der Waals surface area contributed by atoms with Crippen LogP contribution >= 0.6 is 11.6 Å². The molecule has 90 valence electrons. The Morgan fingerprint density at radius 3 is 2.20 bits per heavy atom. The van der Waals surface area contributed by atoms with Gasteiger partial charge in [0, 0.05) is 24.5 Å². The third kappa shape index (κ3) is 3.96. The van der Waals surface area contributed by atoms with E-state index in [0.717, 1.165) is 24.5 Å². The van der Waals surface area contributed by atoms with Crippen molar-refractivity contribution in [2.75, 3.05) is 12.4 Å². The van der Waals surface area contributed by atoms with Crippen molar-refractivity contribution in [1.82, 2.24) is 4.90 Å². The first-order valence-corrected chi connectivity index (χ1v) is 7.18. The molecule has 0 bridgehead atoms. The highest BCUT2D eigenvalue weighted by atomic mass is 35.5. The molecule has 0 aliphatic heterocycles. The Bertz CT molecular complexity index is 151. The average molecular weight is 232 g/mol. The van der Waals surface area contributed by atoms with E-state index in [1.807, 2.05) is 0 Å². The molecule has 0 amide bonds. The van der Waals surface area contributed by atoms with Gasteiger partial charge < -0.3 is 0 Å². The second-order valence-corrected chi connectivity index (χ2v) is 5.07. The van der Waals surface area contributed by atoms with Crippen LogP contribution in [0.3, 0.4) is 0 Å². The van der Waals surface area contributed by atoms with Gasteiger partial charge in [-0.25, -0.2) is 0 Å². The second-order valence-electron chi connectivity index (χ2n) is 4.69. The van der Waals surface area contributed by atoms with E-state index >= 15 is 0 Å². The first-order chi connectivity index (χ1) is 7.33. The van der Waals surface area contributed by atoms with Crippen molar-refractivity contribution < 1.29 is 0 Å². The van der Waals surface area contributed by atoms with E-state index < -0.39 is 0 Å². The summed E-state index contributed by atoms with van der Waals surface area (Å²) in [6.07, 6.45) is 9.61. The fraction of sp³-hybridized carbons (Fsp3) is 1.00. The van der Waals surface area contributed by atoms with E-state index in [1.165, 1.54) is 44.9 Å². The quantitative estimate of drug-likeness (QED) is 0.624. The minimum atomic E-state index is 0.756. The average Bonchev–Trinajstić information content (AvgIpc) is 2.30. The molecule has 0 saturated heterocycles. The standard InChI is InChI=1S/C13H26ClN/c1-3-12(4-2)15(11-10-14)13-8-6-5-7-9-13/h12-13H,3-11H2,1-2H3. The van der Waals surface area contributed by atoms with Crippen molar-refractivity contribution in [2.45, 2.75) is 70.9 Å². The molecule has 0 unspecified atom stereocenters. The molecular weight excluding hydrogens is 206 g/mol. The molecule has 2 heteroatoms. The molecule has 0 aromatic rings. The molecule has 0 spiro atoms. The zero-order valence-electron chi connectivity index (χ0n) is 10.3. The SMILES string of the molecule is CCC(CC)N(CCCl)C1CCCCC1. The number of halogens is 1. The smallest absolute Gasteiger partial charge is 0.0351 e. The monoisotopic (exact) mass is 231 g/mol. The highest BCUT2D eigenvalue weighted by molar-refractivity contribution is 6.18. The maximum Gasteiger partial charge on any atom is 0.0351 e. The summed E-state index contributed by atoms with van der Waals surface area (Å²) < 4.78 is 0. The summed E-state index contributed by atoms with van der Waals surface area (Å²) in [6, 6.07) is 1.58. The van der Waals surface area contributed by atoms with Crippen LogP contribution in [-0.2, 0) is 0 Å². The van der Waals surface area contributed by atoms with Crippen LogP contribution in [0.5, 0.6) is 0 Å². The van der Waals surface area contributed by atoms with E-state index in [-0.39, 0.29) is 0 Å². The van der Waals surface area contributed by atoms with E-state index in [9.17, 15) is 0 Å². The van der Waals surface area contributed by atoms with E-state index in [4.69, 9.17) is 11.6 Å². The van der Waals surface area contributed by atoms with E-state index in [1.54, 1.807) is 0 Å². The van der Waals surface area contributed by atoms with Crippen LogP contribution in [0.25, 0.3) is 0 Å². The molecule has 1 nitrogen and oxygen atoms in total. The first kappa shape index (κ1) is 13.3. The van der Waals surface area contributed by atoms with E-state index in [0.29, 0.717) is 0 Å². The van der Waals surface area contributed by atoms with Gasteiger partial charge in [-0.2, -0.15) is 0 Å². The highest BCUT2D eigenvalue weighted by Crippen LogP contribution is 2.25. The van der Waals surface area contributed by atoms with Crippen LogP contribution in [-0.4, -0.2) is 29.4 Å². The Morgan fingerprint density at radius 1 is 1.13 bits per heavy atom. The zero-order chi connectivity index (χ0) is 11.1. The van der Waals surface area contributed by atoms with Gasteiger partial charge in [-0.05, 0) is 25.7 Å². The fourth-order valence-electron chi connectivity index (χ4n) is 2.93. The lowest BCUT2D eigenvalue weighted by Gasteiger charge is -2.39. The fourth-order valence-corrected chi connectivity index (χ4v) is 3.13. The topological polar surface area (TPSA) is 3.24 Å². The third-order valence-corrected chi connectivity index (χ3v) is 3.97. The van der Waals surface area contributed by atoms with Gasteiger partial charge in [0.05, 0.1) is 0 Å². The van der Waals surface area contributed by atoms with Crippen molar-refractivity contribution in [3.63, 3.8) is 0 Å². The molecular formula is C13H26ClN. The van der Waals surface area contributed by atoms with Crippen LogP contribution in [0.2, 0.25) is 0 Å². The number of hydrogen-bond acceptors (Lipinski definition) is 1. The number of rotatable bonds is 6. The Kier molecular flexibility index (Phi) is 6.67. The van der Waals surface area contributed by atoms with Gasteiger partial charge >= 0.3 is 0 Å². The summed E-state index contributed by atoms with van der Waals surface area (Å²) in [7, 11) is 0. The normalized spacial score (nSPS) is 19.0. The predicted octanol–water partition coefficient (Wildman–Crippen LogP) is 4.05. The predicted molar refractivity (Wildman–Crippen MR) is 68.7 cm³/mol. The van der Waals surface area contributed by atoms with Gasteiger partial charge in [0.15, 0.2) is 0 Å². The molecule has 15 heavy (non-hydrogen) atoms. The molecule has 0 heterocycles. The molecule has 1 rings (SSSR count). The summed E-state index contributed by atoms with van der Waals surface area (Å²) in [5, 5.41) is 0. The zero-order valence-corrected chi connectivity index (χ0v) is 11.1. The largest absolute Gasteiger partial charge is 0.296 e. The lowest BCUT2D eigenvalue weighted by molar-refractivity contribution is 0.106. The molecule has 1 fully saturated rings. The minimum Gasteiger partial charge on any atom is -0.296 e. The lowest BCUT2D eigenvalue weighted by Crippen LogP contribution is -2.44. The summed E-state index contributed by atoms with van der Waals surface area (Å²) in [5.74, 6) is 0.785. The van der Waals surface area contributed by atoms with Crippen LogP contribution < -0.4 is 0 Å². The Morgan fingerprint density at radius 2 is 1.73 bits per heavy atom. The number of alkyl halides is 1. The van der Waals surface area contributed by atoms with Gasteiger partial charge in [-0.3, -0.25) is 4.90 Å². The molecule has 0 aromatic heterocycles. The van der Waals surface area contributed by atoms with Crippen molar-refractivity contribution >= 4 is 11.6 Å². The molecule has 0 N–H and O–H groups in total. The summed E-state index contributed by atoms with van der Waals surface area (Å²) in [4.78, 5) is 2.69. The van der Waals surface area contributed by atoms with Gasteiger partial charge in [-0.15, -0.1) is 11.6 Å². The summed E-state index contributed by atoms with van der Waals surface area (Å²) in [6.45, 7) is 5.69. The molecule has 0 radical (unpaired) electrons. The van der Waals surface area contributed by atoms with Gasteiger partial charge in [0.2, 0.25) is 0 Å². The lowest BCUT2D eigenvalue weighted by atomic mass is 9.92. The molecule has 0 atom stereocenters. The van der Waals surface area contributed by atoms with E-state index in [2.05, 4.69) is 18.7 Å². The van der Waals surface area contributed by atoms with Gasteiger partial charge in [0.1, 0.15) is 0 Å².